The smallest absolute Gasteiger partial charge is 0.220 e. The Balaban J connectivity index is 1.38. The molecule has 3 aliphatic rings. The van der Waals surface area contributed by atoms with Crippen LogP contribution in [0, 0.1) is 0 Å². The number of rotatable bonds is 69. The van der Waals surface area contributed by atoms with E-state index in [-0.39, 0.29) is 18.9 Å². The lowest BCUT2D eigenvalue weighted by atomic mass is 9.96. The minimum absolute atomic E-state index is 0.196. The van der Waals surface area contributed by atoms with Crippen molar-refractivity contribution in [3.05, 3.63) is 146 Å². The molecule has 0 saturated carbocycles. The fraction of sp³-hybridized carbons (Fsp3) is 0.731. The van der Waals surface area contributed by atoms with Crippen molar-refractivity contribution in [2.45, 2.75) is 407 Å². The molecule has 3 aliphatic heterocycles. The molecule has 3 heterocycles. The van der Waals surface area contributed by atoms with Gasteiger partial charge < -0.3 is 89.9 Å². The maximum Gasteiger partial charge on any atom is 0.220 e. The molecule has 17 atom stereocenters. The van der Waals surface area contributed by atoms with E-state index in [1.54, 1.807) is 6.08 Å². The summed E-state index contributed by atoms with van der Waals surface area (Å²) in [5.41, 5.74) is 0. The molecule has 3 fully saturated rings. The number of aliphatic hydroxyl groups excluding tert-OH is 11. The minimum atomic E-state index is -1.99. The normalized spacial score (nSPS) is 25.7. The molecule has 3 rings (SSSR count). The van der Waals surface area contributed by atoms with Crippen LogP contribution in [0.2, 0.25) is 0 Å². The van der Waals surface area contributed by atoms with Gasteiger partial charge in [-0.1, -0.05) is 333 Å². The average molecular weight is 1580 g/mol. The third kappa shape index (κ3) is 49.0. The largest absolute Gasteiger partial charge is 0.394 e. The Kier molecular flexibility index (Phi) is 64.4. The number of hydrogen-bond donors (Lipinski definition) is 12. The van der Waals surface area contributed by atoms with Gasteiger partial charge >= 0.3 is 0 Å². The van der Waals surface area contributed by atoms with Gasteiger partial charge in [0.1, 0.15) is 73.2 Å². The highest BCUT2D eigenvalue weighted by Gasteiger charge is 2.54. The number of carbonyl (C=O) groups is 1. The Labute approximate surface area is 676 Å². The van der Waals surface area contributed by atoms with Gasteiger partial charge in [0.15, 0.2) is 18.9 Å². The highest BCUT2D eigenvalue weighted by atomic mass is 16.8. The van der Waals surface area contributed by atoms with Gasteiger partial charge in [0.25, 0.3) is 0 Å². The van der Waals surface area contributed by atoms with Crippen LogP contribution in [0.15, 0.2) is 146 Å². The molecule has 0 aromatic heterocycles. The quantitative estimate of drug-likeness (QED) is 0.0199. The fourth-order valence-corrected chi connectivity index (χ4v) is 13.9. The zero-order valence-corrected chi connectivity index (χ0v) is 69.1. The summed E-state index contributed by atoms with van der Waals surface area (Å²) in [6, 6.07) is -1.02. The van der Waals surface area contributed by atoms with E-state index in [0.29, 0.717) is 12.8 Å². The Bertz CT molecular complexity index is 2590. The van der Waals surface area contributed by atoms with Gasteiger partial charge in [0.2, 0.25) is 5.91 Å². The zero-order valence-electron chi connectivity index (χ0n) is 69.1. The van der Waals surface area contributed by atoms with E-state index < -0.39 is 124 Å². The van der Waals surface area contributed by atoms with Crippen molar-refractivity contribution in [2.75, 3.05) is 26.4 Å². The van der Waals surface area contributed by atoms with E-state index >= 15 is 0 Å². The van der Waals surface area contributed by atoms with E-state index in [9.17, 15) is 61.0 Å². The highest BCUT2D eigenvalue weighted by Crippen LogP contribution is 2.33. The van der Waals surface area contributed by atoms with Crippen molar-refractivity contribution in [2.24, 2.45) is 0 Å². The lowest BCUT2D eigenvalue weighted by molar-refractivity contribution is -0.379. The van der Waals surface area contributed by atoms with Crippen LogP contribution in [0.3, 0.4) is 0 Å². The molecule has 3 saturated heterocycles. The maximum absolute atomic E-state index is 13.5. The van der Waals surface area contributed by atoms with Gasteiger partial charge in [-0.25, -0.2) is 0 Å². The van der Waals surface area contributed by atoms with Crippen molar-refractivity contribution in [1.29, 1.82) is 0 Å². The Morgan fingerprint density at radius 2 is 0.625 bits per heavy atom. The monoisotopic (exact) mass is 1580 g/mol. The topological polar surface area (TPSA) is 307 Å². The van der Waals surface area contributed by atoms with Crippen LogP contribution in [0.25, 0.3) is 0 Å². The number of carbonyl (C=O) groups excluding carboxylic acids is 1. The van der Waals surface area contributed by atoms with Crippen molar-refractivity contribution >= 4 is 5.91 Å². The highest BCUT2D eigenvalue weighted by molar-refractivity contribution is 5.76. The first-order valence-electron chi connectivity index (χ1n) is 44.1. The van der Waals surface area contributed by atoms with Crippen molar-refractivity contribution in [3.8, 4) is 0 Å². The predicted octanol–water partition coefficient (Wildman–Crippen LogP) is 16.6. The maximum atomic E-state index is 13.5. The number of amides is 1. The van der Waals surface area contributed by atoms with Crippen molar-refractivity contribution in [1.82, 2.24) is 5.32 Å². The summed E-state index contributed by atoms with van der Waals surface area (Å²) in [6.07, 6.45) is 77.0. The number of unbranched alkanes of at least 4 members (excludes halogenated alkanes) is 31. The second-order valence-electron chi connectivity index (χ2n) is 30.6. The molecular weight excluding hydrogens is 1420 g/mol. The summed E-state index contributed by atoms with van der Waals surface area (Å²) in [7, 11) is 0. The first kappa shape index (κ1) is 102. The summed E-state index contributed by atoms with van der Waals surface area (Å²) in [5.74, 6) is -0.313. The molecule has 12 N–H and O–H groups in total. The summed E-state index contributed by atoms with van der Waals surface area (Å²) in [4.78, 5) is 13.5. The number of aliphatic hydroxyl groups is 11. The molecule has 19 heteroatoms. The van der Waals surface area contributed by atoms with Crippen LogP contribution < -0.4 is 5.32 Å². The van der Waals surface area contributed by atoms with Gasteiger partial charge in [-0.2, -0.15) is 0 Å². The fourth-order valence-electron chi connectivity index (χ4n) is 13.9. The second-order valence-corrected chi connectivity index (χ2v) is 30.6. The zero-order chi connectivity index (χ0) is 81.0. The SMILES string of the molecule is CC/C=C\C/C=C\C/C=C\C/C=C\C/C=C\C/C=C\C/C=C\C/C=C\C/C=C\C/C=C\CCCCCCC(=O)NC(COC1OC(CO)C(OC2OC(CO)C(OC3OC(CO)C(O)C(O)C3O)C(O)C2O)C(O)C1O)C(O)/C=C/CC/C=C/CCCCCCCCCCCCCCCCCCCCCCCCCCCC. The van der Waals surface area contributed by atoms with E-state index in [2.05, 4.69) is 153 Å². The van der Waals surface area contributed by atoms with Crippen LogP contribution in [-0.2, 0) is 33.2 Å². The Morgan fingerprint density at radius 3 is 1.00 bits per heavy atom. The van der Waals surface area contributed by atoms with Crippen LogP contribution in [-0.4, -0.2) is 193 Å². The molecule has 17 unspecified atom stereocenters. The van der Waals surface area contributed by atoms with Crippen LogP contribution in [0.4, 0.5) is 0 Å². The molecule has 0 aromatic rings. The van der Waals surface area contributed by atoms with E-state index in [1.807, 2.05) is 6.08 Å². The Hall–Kier alpha value is -4.33. The van der Waals surface area contributed by atoms with Crippen molar-refractivity contribution < 1.29 is 89.4 Å². The minimum Gasteiger partial charge on any atom is -0.394 e. The van der Waals surface area contributed by atoms with Gasteiger partial charge in [-0.05, 0) is 109 Å². The molecule has 0 aromatic carbocycles. The molecule has 0 spiro atoms. The van der Waals surface area contributed by atoms with Crippen LogP contribution in [0.1, 0.15) is 303 Å². The Morgan fingerprint density at radius 1 is 0.330 bits per heavy atom. The predicted molar refractivity (Wildman–Crippen MR) is 452 cm³/mol. The average Bonchev–Trinajstić information content (AvgIpc) is 0.782. The number of nitrogens with one attached hydrogen (secondary N) is 1. The third-order valence-electron chi connectivity index (χ3n) is 20.9. The second kappa shape index (κ2) is 70.8. The standard InChI is InChI=1S/C93H157NO18/c1-3-5-7-9-11-13-15-17-19-21-23-25-27-29-31-33-35-37-38-39-41-43-45-47-49-51-53-55-57-59-61-63-65-67-69-71-81(99)94-76(77(98)70-68-66-64-62-60-58-56-54-52-50-48-46-44-42-40-36-34-32-30-28-26-24-22-20-18-16-14-12-10-8-6-4-2)75-107-91-87(105)84(102)89(79(73-96)109-91)112-93-88(106)85(103)90(80(74-97)110-93)111-92-86(104)83(101)82(100)78(72-95)108-92/h5,7,11,13,17,19,23,25,29,31,35,37,39,41,45,47,51,53,57,59-60,62,68,70,76-80,82-93,95-98,100-106H,3-4,6,8-10,12,14-16,18,20-22,24,26-28,30,32-34,36,38,40,42-44,46,48-50,52,54-56,58,61,63-67,69,71-75H2,1-2H3,(H,94,99)/b7-5-,13-11-,19-17-,25-23-,31-29-,37-35-,41-39-,47-45-,53-51-,59-57-,62-60+,70-68+. The van der Waals surface area contributed by atoms with Crippen LogP contribution >= 0.6 is 0 Å². The summed E-state index contributed by atoms with van der Waals surface area (Å²) < 4.78 is 34.5. The molecule has 112 heavy (non-hydrogen) atoms. The molecule has 0 aliphatic carbocycles. The molecule has 642 valence electrons. The third-order valence-corrected chi connectivity index (χ3v) is 20.9. The van der Waals surface area contributed by atoms with Gasteiger partial charge in [0, 0.05) is 6.42 Å². The molecule has 0 bridgehead atoms. The summed E-state index contributed by atoms with van der Waals surface area (Å²) in [5, 5.41) is 121. The van der Waals surface area contributed by atoms with Crippen molar-refractivity contribution in [3.63, 3.8) is 0 Å². The first-order valence-corrected chi connectivity index (χ1v) is 44.1. The summed E-state index contributed by atoms with van der Waals surface area (Å²) in [6.45, 7) is 1.60. The van der Waals surface area contributed by atoms with Crippen LogP contribution in [0.5, 0.6) is 0 Å². The van der Waals surface area contributed by atoms with Gasteiger partial charge in [0.05, 0.1) is 38.6 Å². The molecule has 1 amide bonds. The van der Waals surface area contributed by atoms with E-state index in [4.69, 9.17) is 28.4 Å². The molecular formula is C93H157NO18. The van der Waals surface area contributed by atoms with Gasteiger partial charge in [-0.3, -0.25) is 4.79 Å². The van der Waals surface area contributed by atoms with E-state index in [0.717, 1.165) is 109 Å². The lowest BCUT2D eigenvalue weighted by Gasteiger charge is -2.48. The number of allylic oxidation sites excluding steroid dienone is 23. The summed E-state index contributed by atoms with van der Waals surface area (Å²) >= 11 is 0. The van der Waals surface area contributed by atoms with Gasteiger partial charge in [-0.15, -0.1) is 0 Å². The first-order chi connectivity index (χ1) is 54.8. The molecule has 19 nitrogen and oxygen atoms in total. The molecule has 0 radical (unpaired) electrons. The van der Waals surface area contributed by atoms with E-state index in [1.165, 1.54) is 161 Å². The lowest BCUT2D eigenvalue weighted by Crippen LogP contribution is -2.66. The number of ether oxygens (including phenoxy) is 6. The number of hydrogen-bond acceptors (Lipinski definition) is 18.